The molecule has 0 saturated carbocycles. The summed E-state index contributed by atoms with van der Waals surface area (Å²) >= 11 is 0. The summed E-state index contributed by atoms with van der Waals surface area (Å²) in [4.78, 5) is 10.6. The largest absolute Gasteiger partial charge is 0.481 e. The quantitative estimate of drug-likeness (QED) is 0.591. The van der Waals surface area contributed by atoms with Gasteiger partial charge in [-0.3, -0.25) is 4.79 Å². The molecule has 0 aliphatic heterocycles. The van der Waals surface area contributed by atoms with E-state index in [0.717, 1.165) is 24.3 Å². The maximum Gasteiger partial charge on any atom is 0.303 e. The molecule has 3 aromatic rings. The molecular formula is C20H16F4N2O3. The van der Waals surface area contributed by atoms with Crippen LogP contribution in [0.25, 0.3) is 5.69 Å². The average Bonchev–Trinajstić information content (AvgIpc) is 3.02. The number of aliphatic carboxylic acids is 1. The molecule has 1 N–H and O–H groups in total. The molecule has 1 aromatic heterocycles. The molecule has 0 atom stereocenters. The molecule has 1 heterocycles. The first kappa shape index (κ1) is 20.4. The fourth-order valence-corrected chi connectivity index (χ4v) is 2.79. The topological polar surface area (TPSA) is 64.3 Å². The Kier molecular flexibility index (Phi) is 5.86. The summed E-state index contributed by atoms with van der Waals surface area (Å²) in [5, 5.41) is 12.8. The van der Waals surface area contributed by atoms with Gasteiger partial charge in [0.1, 0.15) is 6.61 Å². The molecule has 9 heteroatoms. The normalized spacial score (nSPS) is 10.9. The van der Waals surface area contributed by atoms with E-state index in [2.05, 4.69) is 5.10 Å². The Balaban J connectivity index is 1.82. The maximum absolute atomic E-state index is 14.2. The van der Waals surface area contributed by atoms with E-state index in [0.29, 0.717) is 11.4 Å². The molecule has 152 valence electrons. The fraction of sp³-hybridized carbons (Fsp3) is 0.200. The second-order valence-corrected chi connectivity index (χ2v) is 6.36. The number of aromatic nitrogens is 2. The zero-order valence-electron chi connectivity index (χ0n) is 15.3. The van der Waals surface area contributed by atoms with Crippen molar-refractivity contribution in [3.05, 3.63) is 76.6 Å². The summed E-state index contributed by atoms with van der Waals surface area (Å²) in [7, 11) is 0. The molecule has 0 bridgehead atoms. The van der Waals surface area contributed by atoms with E-state index in [1.807, 2.05) is 0 Å². The smallest absolute Gasteiger partial charge is 0.303 e. The Morgan fingerprint density at radius 1 is 1.03 bits per heavy atom. The van der Waals surface area contributed by atoms with Gasteiger partial charge in [0.25, 0.3) is 0 Å². The van der Waals surface area contributed by atoms with Crippen LogP contribution in [-0.2, 0) is 17.8 Å². The number of benzene rings is 2. The van der Waals surface area contributed by atoms with Crippen molar-refractivity contribution >= 4 is 5.97 Å². The fourth-order valence-electron chi connectivity index (χ4n) is 2.79. The third-order valence-corrected chi connectivity index (χ3v) is 4.10. The van der Waals surface area contributed by atoms with Crippen molar-refractivity contribution in [2.24, 2.45) is 0 Å². The zero-order chi connectivity index (χ0) is 21.1. The molecule has 0 radical (unpaired) electrons. The van der Waals surface area contributed by atoms with Crippen LogP contribution in [-0.4, -0.2) is 20.9 Å². The van der Waals surface area contributed by atoms with E-state index in [1.54, 1.807) is 13.0 Å². The Bertz CT molecular complexity index is 1040. The van der Waals surface area contributed by atoms with Crippen LogP contribution in [0.5, 0.6) is 5.75 Å². The predicted molar refractivity (Wildman–Crippen MR) is 94.9 cm³/mol. The lowest BCUT2D eigenvalue weighted by Crippen LogP contribution is -2.08. The summed E-state index contributed by atoms with van der Waals surface area (Å²) in [6, 6.07) is 6.81. The van der Waals surface area contributed by atoms with E-state index in [4.69, 9.17) is 9.84 Å². The van der Waals surface area contributed by atoms with Gasteiger partial charge in [0.2, 0.25) is 0 Å². The third-order valence-electron chi connectivity index (χ3n) is 4.10. The Morgan fingerprint density at radius 2 is 1.72 bits per heavy atom. The van der Waals surface area contributed by atoms with Crippen molar-refractivity contribution in [2.75, 3.05) is 0 Å². The molecule has 2 aromatic carbocycles. The van der Waals surface area contributed by atoms with Gasteiger partial charge in [0.05, 0.1) is 17.1 Å². The number of rotatable bonds is 7. The van der Waals surface area contributed by atoms with Crippen LogP contribution in [0.2, 0.25) is 0 Å². The van der Waals surface area contributed by atoms with E-state index in [-0.39, 0.29) is 30.7 Å². The molecule has 0 saturated heterocycles. The number of carbonyl (C=O) groups is 1. The van der Waals surface area contributed by atoms with Crippen LogP contribution in [0.1, 0.15) is 23.4 Å². The molecule has 5 nitrogen and oxygen atoms in total. The molecule has 0 aliphatic carbocycles. The molecule has 29 heavy (non-hydrogen) atoms. The number of hydrogen-bond acceptors (Lipinski definition) is 3. The second kappa shape index (κ2) is 8.34. The first-order valence-corrected chi connectivity index (χ1v) is 8.58. The maximum atomic E-state index is 14.2. The van der Waals surface area contributed by atoms with Crippen LogP contribution in [0.15, 0.2) is 36.4 Å². The molecular weight excluding hydrogens is 392 g/mol. The second-order valence-electron chi connectivity index (χ2n) is 6.36. The van der Waals surface area contributed by atoms with Crippen LogP contribution in [0.3, 0.4) is 0 Å². The van der Waals surface area contributed by atoms with Crippen LogP contribution in [0.4, 0.5) is 17.6 Å². The van der Waals surface area contributed by atoms with Gasteiger partial charge in [-0.15, -0.1) is 0 Å². The minimum absolute atomic E-state index is 0.0223. The third kappa shape index (κ3) is 4.74. The van der Waals surface area contributed by atoms with Gasteiger partial charge in [0, 0.05) is 12.5 Å². The lowest BCUT2D eigenvalue weighted by Gasteiger charge is -2.12. The van der Waals surface area contributed by atoms with Gasteiger partial charge in [-0.2, -0.15) is 5.10 Å². The number of ether oxygens (including phenoxy) is 1. The monoisotopic (exact) mass is 408 g/mol. The number of carboxylic acids is 1. The van der Waals surface area contributed by atoms with Crippen LogP contribution < -0.4 is 4.74 Å². The number of nitrogens with zero attached hydrogens (tertiary/aromatic N) is 2. The summed E-state index contributed by atoms with van der Waals surface area (Å²) in [6.45, 7) is 1.38. The number of hydrogen-bond donors (Lipinski definition) is 1. The lowest BCUT2D eigenvalue weighted by molar-refractivity contribution is -0.136. The summed E-state index contributed by atoms with van der Waals surface area (Å²) < 4.78 is 61.7. The van der Waals surface area contributed by atoms with E-state index in [1.165, 1.54) is 10.7 Å². The van der Waals surface area contributed by atoms with Gasteiger partial charge in [0.15, 0.2) is 29.0 Å². The average molecular weight is 408 g/mol. The highest BCUT2D eigenvalue weighted by Gasteiger charge is 2.16. The van der Waals surface area contributed by atoms with Crippen molar-refractivity contribution in [2.45, 2.75) is 26.4 Å². The number of halogens is 4. The van der Waals surface area contributed by atoms with Gasteiger partial charge in [-0.25, -0.2) is 22.2 Å². The first-order chi connectivity index (χ1) is 13.7. The Labute approximate surface area is 163 Å². The lowest BCUT2D eigenvalue weighted by atomic mass is 10.1. The highest BCUT2D eigenvalue weighted by atomic mass is 19.2. The zero-order valence-corrected chi connectivity index (χ0v) is 15.3. The predicted octanol–water partition coefficient (Wildman–Crippen LogP) is 4.33. The summed E-state index contributed by atoms with van der Waals surface area (Å²) in [5.41, 5.74) is 1.32. The summed E-state index contributed by atoms with van der Waals surface area (Å²) in [5.74, 6) is -5.71. The van der Waals surface area contributed by atoms with Crippen LogP contribution >= 0.6 is 0 Å². The van der Waals surface area contributed by atoms with Crippen molar-refractivity contribution in [3.63, 3.8) is 0 Å². The minimum atomic E-state index is -1.08. The Hall–Kier alpha value is -3.36. The van der Waals surface area contributed by atoms with Gasteiger partial charge >= 0.3 is 5.97 Å². The van der Waals surface area contributed by atoms with E-state index < -0.39 is 35.0 Å². The van der Waals surface area contributed by atoms with Crippen molar-refractivity contribution < 1.29 is 32.2 Å². The molecule has 0 fully saturated rings. The highest BCUT2D eigenvalue weighted by molar-refractivity contribution is 5.67. The van der Waals surface area contributed by atoms with Crippen LogP contribution in [0, 0.1) is 30.2 Å². The van der Waals surface area contributed by atoms with Gasteiger partial charge < -0.3 is 9.84 Å². The van der Waals surface area contributed by atoms with Crippen molar-refractivity contribution in [3.8, 4) is 11.4 Å². The standard InChI is InChI=1S/C20H16F4N2O3/c1-11-6-14(26(25-11)13-3-4-15(21)16(22)9-13)10-29-20-17(23)7-12(8-18(20)24)2-5-19(27)28/h3-4,6-9H,2,5,10H2,1H3,(H,27,28). The minimum Gasteiger partial charge on any atom is -0.481 e. The molecule has 0 spiro atoms. The number of aryl methyl sites for hydroxylation is 2. The molecule has 0 unspecified atom stereocenters. The van der Waals surface area contributed by atoms with Gasteiger partial charge in [-0.05, 0) is 49.2 Å². The molecule has 0 aliphatic rings. The van der Waals surface area contributed by atoms with E-state index in [9.17, 15) is 22.4 Å². The Morgan fingerprint density at radius 3 is 2.34 bits per heavy atom. The summed E-state index contributed by atoms with van der Waals surface area (Å²) in [6.07, 6.45) is -0.280. The molecule has 3 rings (SSSR count). The van der Waals surface area contributed by atoms with Gasteiger partial charge in [-0.1, -0.05) is 0 Å². The van der Waals surface area contributed by atoms with E-state index >= 15 is 0 Å². The highest BCUT2D eigenvalue weighted by Crippen LogP contribution is 2.26. The van der Waals surface area contributed by atoms with Crippen molar-refractivity contribution in [1.82, 2.24) is 9.78 Å². The molecule has 0 amide bonds. The van der Waals surface area contributed by atoms with Crippen molar-refractivity contribution in [1.29, 1.82) is 0 Å². The SMILES string of the molecule is Cc1cc(COc2c(F)cc(CCC(=O)O)cc2F)n(-c2ccc(F)c(F)c2)n1. The number of carboxylic acid groups (broad SMARTS) is 1. The first-order valence-electron chi connectivity index (χ1n) is 8.58.